The van der Waals surface area contributed by atoms with E-state index in [2.05, 4.69) is 24.1 Å². The third kappa shape index (κ3) is 2.83. The van der Waals surface area contributed by atoms with E-state index < -0.39 is 0 Å². The number of likely N-dealkylation sites (tertiary alicyclic amines) is 1. The lowest BCUT2D eigenvalue weighted by Gasteiger charge is -2.19. The molecule has 1 fully saturated rings. The number of amides is 1. The Morgan fingerprint density at radius 2 is 2.05 bits per heavy atom. The SMILES string of the molecule is CN(C)C1CCN(C(=O)c2cnn(-c3ccccc3)c2)C1. The van der Waals surface area contributed by atoms with Gasteiger partial charge in [0.1, 0.15) is 0 Å². The van der Waals surface area contributed by atoms with E-state index in [0.29, 0.717) is 11.6 Å². The molecule has 1 aliphatic rings. The van der Waals surface area contributed by atoms with Crippen LogP contribution >= 0.6 is 0 Å². The average molecular weight is 284 g/mol. The first-order valence-electron chi connectivity index (χ1n) is 7.21. The number of aromatic nitrogens is 2. The van der Waals surface area contributed by atoms with Gasteiger partial charge in [0.15, 0.2) is 0 Å². The van der Waals surface area contributed by atoms with Crippen molar-refractivity contribution >= 4 is 5.91 Å². The van der Waals surface area contributed by atoms with E-state index in [1.165, 1.54) is 0 Å². The molecule has 3 rings (SSSR count). The molecule has 1 atom stereocenters. The third-order valence-electron chi connectivity index (χ3n) is 4.03. The smallest absolute Gasteiger partial charge is 0.257 e. The maximum absolute atomic E-state index is 12.5. The number of benzene rings is 1. The molecule has 1 aromatic carbocycles. The quantitative estimate of drug-likeness (QED) is 0.860. The van der Waals surface area contributed by atoms with Crippen molar-refractivity contribution in [1.82, 2.24) is 19.6 Å². The summed E-state index contributed by atoms with van der Waals surface area (Å²) in [5, 5.41) is 4.29. The number of nitrogens with zero attached hydrogens (tertiary/aromatic N) is 4. The number of rotatable bonds is 3. The van der Waals surface area contributed by atoms with Crippen molar-refractivity contribution < 1.29 is 4.79 Å². The molecule has 0 N–H and O–H groups in total. The van der Waals surface area contributed by atoms with Crippen LogP contribution in [0.15, 0.2) is 42.7 Å². The van der Waals surface area contributed by atoms with Gasteiger partial charge in [-0.1, -0.05) is 18.2 Å². The van der Waals surface area contributed by atoms with E-state index in [1.54, 1.807) is 17.1 Å². The molecule has 0 saturated carbocycles. The lowest BCUT2D eigenvalue weighted by atomic mass is 10.2. The van der Waals surface area contributed by atoms with Crippen LogP contribution in [-0.2, 0) is 0 Å². The molecule has 0 bridgehead atoms. The van der Waals surface area contributed by atoms with Gasteiger partial charge in [0.2, 0.25) is 0 Å². The fourth-order valence-electron chi connectivity index (χ4n) is 2.69. The second kappa shape index (κ2) is 5.69. The lowest BCUT2D eigenvalue weighted by molar-refractivity contribution is 0.0783. The molecular formula is C16H20N4O. The fraction of sp³-hybridized carbons (Fsp3) is 0.375. The van der Waals surface area contributed by atoms with Crippen LogP contribution in [0.2, 0.25) is 0 Å². The number of hydrogen-bond acceptors (Lipinski definition) is 3. The highest BCUT2D eigenvalue weighted by Gasteiger charge is 2.28. The largest absolute Gasteiger partial charge is 0.337 e. The van der Waals surface area contributed by atoms with E-state index in [0.717, 1.165) is 25.2 Å². The van der Waals surface area contributed by atoms with Gasteiger partial charge >= 0.3 is 0 Å². The van der Waals surface area contributed by atoms with Crippen molar-refractivity contribution in [1.29, 1.82) is 0 Å². The number of hydrogen-bond donors (Lipinski definition) is 0. The summed E-state index contributed by atoms with van der Waals surface area (Å²) in [6, 6.07) is 10.3. The normalized spacial score (nSPS) is 18.4. The summed E-state index contributed by atoms with van der Waals surface area (Å²) in [4.78, 5) is 16.6. The highest BCUT2D eigenvalue weighted by molar-refractivity contribution is 5.94. The van der Waals surface area contributed by atoms with Crippen molar-refractivity contribution in [2.45, 2.75) is 12.5 Å². The molecule has 1 unspecified atom stereocenters. The predicted molar refractivity (Wildman–Crippen MR) is 81.6 cm³/mol. The summed E-state index contributed by atoms with van der Waals surface area (Å²) >= 11 is 0. The summed E-state index contributed by atoms with van der Waals surface area (Å²) in [7, 11) is 4.12. The van der Waals surface area contributed by atoms with Gasteiger partial charge in [-0.05, 0) is 32.6 Å². The molecule has 5 heteroatoms. The Kier molecular flexibility index (Phi) is 3.75. The van der Waals surface area contributed by atoms with Gasteiger partial charge in [0, 0.05) is 25.3 Å². The molecule has 0 spiro atoms. The number of para-hydroxylation sites is 1. The molecule has 21 heavy (non-hydrogen) atoms. The Hall–Kier alpha value is -2.14. The van der Waals surface area contributed by atoms with Crippen LogP contribution in [0.4, 0.5) is 0 Å². The molecule has 0 radical (unpaired) electrons. The minimum atomic E-state index is 0.0709. The third-order valence-corrected chi connectivity index (χ3v) is 4.03. The van der Waals surface area contributed by atoms with E-state index in [9.17, 15) is 4.79 Å². The maximum atomic E-state index is 12.5. The topological polar surface area (TPSA) is 41.4 Å². The predicted octanol–water partition coefficient (Wildman–Crippen LogP) is 1.65. The maximum Gasteiger partial charge on any atom is 0.257 e. The molecule has 2 heterocycles. The average Bonchev–Trinajstić information content (AvgIpc) is 3.17. The van der Waals surface area contributed by atoms with Crippen molar-refractivity contribution in [2.24, 2.45) is 0 Å². The molecule has 110 valence electrons. The van der Waals surface area contributed by atoms with Gasteiger partial charge in [-0.15, -0.1) is 0 Å². The van der Waals surface area contributed by atoms with E-state index >= 15 is 0 Å². The number of carbonyl (C=O) groups is 1. The van der Waals surface area contributed by atoms with Crippen LogP contribution in [0, 0.1) is 0 Å². The second-order valence-corrected chi connectivity index (χ2v) is 5.67. The van der Waals surface area contributed by atoms with Crippen LogP contribution in [0.5, 0.6) is 0 Å². The number of likely N-dealkylation sites (N-methyl/N-ethyl adjacent to an activating group) is 1. The first-order valence-corrected chi connectivity index (χ1v) is 7.21. The minimum Gasteiger partial charge on any atom is -0.337 e. The van der Waals surface area contributed by atoms with Gasteiger partial charge in [-0.25, -0.2) is 4.68 Å². The van der Waals surface area contributed by atoms with E-state index in [4.69, 9.17) is 0 Å². The zero-order valence-corrected chi connectivity index (χ0v) is 12.4. The Labute approximate surface area is 124 Å². The summed E-state index contributed by atoms with van der Waals surface area (Å²) < 4.78 is 1.74. The fourth-order valence-corrected chi connectivity index (χ4v) is 2.69. The molecule has 1 aliphatic heterocycles. The Bertz CT molecular complexity index is 620. The summed E-state index contributed by atoms with van der Waals surface area (Å²) in [5.41, 5.74) is 1.61. The van der Waals surface area contributed by atoms with Crippen LogP contribution in [0.25, 0.3) is 5.69 Å². The highest BCUT2D eigenvalue weighted by atomic mass is 16.2. The second-order valence-electron chi connectivity index (χ2n) is 5.67. The van der Waals surface area contributed by atoms with Crippen LogP contribution in [0.1, 0.15) is 16.8 Å². The monoisotopic (exact) mass is 284 g/mol. The van der Waals surface area contributed by atoms with Gasteiger partial charge in [0.25, 0.3) is 5.91 Å². The van der Waals surface area contributed by atoms with Crippen molar-refractivity contribution in [3.05, 3.63) is 48.3 Å². The number of carbonyl (C=O) groups excluding carboxylic acids is 1. The summed E-state index contributed by atoms with van der Waals surface area (Å²) in [6.45, 7) is 1.61. The highest BCUT2D eigenvalue weighted by Crippen LogP contribution is 2.17. The first kappa shape index (κ1) is 13.8. The summed E-state index contributed by atoms with van der Waals surface area (Å²) in [5.74, 6) is 0.0709. The molecule has 0 aliphatic carbocycles. The Morgan fingerprint density at radius 1 is 1.29 bits per heavy atom. The first-order chi connectivity index (χ1) is 10.1. The van der Waals surface area contributed by atoms with Gasteiger partial charge in [0.05, 0.1) is 17.4 Å². The van der Waals surface area contributed by atoms with Gasteiger partial charge in [-0.3, -0.25) is 4.79 Å². The van der Waals surface area contributed by atoms with Crippen molar-refractivity contribution in [3.8, 4) is 5.69 Å². The van der Waals surface area contributed by atoms with E-state index in [1.807, 2.05) is 35.2 Å². The zero-order chi connectivity index (χ0) is 14.8. The molecular weight excluding hydrogens is 264 g/mol. The zero-order valence-electron chi connectivity index (χ0n) is 12.4. The van der Waals surface area contributed by atoms with Crippen LogP contribution < -0.4 is 0 Å². The van der Waals surface area contributed by atoms with Gasteiger partial charge in [-0.2, -0.15) is 5.10 Å². The lowest BCUT2D eigenvalue weighted by Crippen LogP contribution is -2.34. The molecule has 2 aromatic rings. The van der Waals surface area contributed by atoms with Crippen molar-refractivity contribution in [3.63, 3.8) is 0 Å². The van der Waals surface area contributed by atoms with E-state index in [-0.39, 0.29) is 5.91 Å². The molecule has 1 aromatic heterocycles. The van der Waals surface area contributed by atoms with Crippen molar-refractivity contribution in [2.75, 3.05) is 27.2 Å². The summed E-state index contributed by atoms with van der Waals surface area (Å²) in [6.07, 6.45) is 4.49. The Morgan fingerprint density at radius 3 is 2.71 bits per heavy atom. The Balaban J connectivity index is 1.73. The molecule has 1 amide bonds. The molecule has 5 nitrogen and oxygen atoms in total. The minimum absolute atomic E-state index is 0.0709. The standard InChI is InChI=1S/C16H20N4O/c1-18(2)15-8-9-19(12-15)16(21)13-10-17-20(11-13)14-6-4-3-5-7-14/h3-7,10-11,15H,8-9,12H2,1-2H3. The van der Waals surface area contributed by atoms with Gasteiger partial charge < -0.3 is 9.80 Å². The molecule has 1 saturated heterocycles. The van der Waals surface area contributed by atoms with Crippen LogP contribution in [-0.4, -0.2) is 58.7 Å². The van der Waals surface area contributed by atoms with Crippen LogP contribution in [0.3, 0.4) is 0 Å².